The number of pyridine rings is 1. The number of ether oxygens (including phenoxy) is 1. The third-order valence-electron chi connectivity index (χ3n) is 3.76. The van der Waals surface area contributed by atoms with Crippen molar-refractivity contribution in [1.82, 2.24) is 14.3 Å². The molecule has 8 heteroatoms. The molecule has 0 unspecified atom stereocenters. The molecule has 0 fully saturated rings. The summed E-state index contributed by atoms with van der Waals surface area (Å²) in [6.45, 7) is -2.69. The van der Waals surface area contributed by atoms with Gasteiger partial charge in [-0.25, -0.2) is 4.98 Å². The fourth-order valence-corrected chi connectivity index (χ4v) is 2.50. The molecule has 0 aliphatic carbocycles. The number of alkyl halides is 2. The summed E-state index contributed by atoms with van der Waals surface area (Å²) in [4.78, 5) is 30.5. The first-order valence-corrected chi connectivity index (χ1v) is 7.71. The van der Waals surface area contributed by atoms with Gasteiger partial charge in [-0.15, -0.1) is 0 Å². The maximum atomic E-state index is 12.6. The average Bonchev–Trinajstić information content (AvgIpc) is 2.63. The molecule has 1 amide bonds. The molecule has 0 radical (unpaired) electrons. The molecule has 0 saturated heterocycles. The molecule has 0 aliphatic rings. The summed E-state index contributed by atoms with van der Waals surface area (Å²) in [5, 5.41) is 0. The first-order chi connectivity index (χ1) is 12.5. The second kappa shape index (κ2) is 7.30. The van der Waals surface area contributed by atoms with Gasteiger partial charge in [0.15, 0.2) is 0 Å². The molecule has 0 spiro atoms. The highest BCUT2D eigenvalue weighted by molar-refractivity contribution is 5.93. The van der Waals surface area contributed by atoms with E-state index in [-0.39, 0.29) is 17.9 Å². The normalized spacial score (nSPS) is 10.9. The van der Waals surface area contributed by atoms with Crippen molar-refractivity contribution in [2.45, 2.75) is 13.2 Å². The third kappa shape index (κ3) is 3.69. The molecule has 0 atom stereocenters. The van der Waals surface area contributed by atoms with E-state index in [2.05, 4.69) is 9.72 Å². The summed E-state index contributed by atoms with van der Waals surface area (Å²) in [6.07, 6.45) is 2.80. The minimum Gasteiger partial charge on any atom is -0.435 e. The Morgan fingerprint density at radius 3 is 2.65 bits per heavy atom. The molecule has 134 valence electrons. The van der Waals surface area contributed by atoms with Gasteiger partial charge in [0.2, 0.25) is 0 Å². The van der Waals surface area contributed by atoms with Crippen LogP contribution in [0.3, 0.4) is 0 Å². The van der Waals surface area contributed by atoms with E-state index < -0.39 is 18.1 Å². The van der Waals surface area contributed by atoms with E-state index in [1.165, 1.54) is 27.6 Å². The third-order valence-corrected chi connectivity index (χ3v) is 3.76. The van der Waals surface area contributed by atoms with Crippen LogP contribution in [0.5, 0.6) is 5.75 Å². The van der Waals surface area contributed by atoms with Gasteiger partial charge in [0, 0.05) is 26.0 Å². The summed E-state index contributed by atoms with van der Waals surface area (Å²) in [5.74, 6) is -0.441. The zero-order valence-corrected chi connectivity index (χ0v) is 13.8. The van der Waals surface area contributed by atoms with Crippen LogP contribution < -0.4 is 10.3 Å². The number of hydrogen-bond donors (Lipinski definition) is 0. The van der Waals surface area contributed by atoms with Gasteiger partial charge in [-0.2, -0.15) is 8.78 Å². The number of aromatic nitrogens is 2. The van der Waals surface area contributed by atoms with Crippen molar-refractivity contribution < 1.29 is 18.3 Å². The fourth-order valence-electron chi connectivity index (χ4n) is 2.50. The number of hydrogen-bond acceptors (Lipinski definition) is 4. The summed E-state index contributed by atoms with van der Waals surface area (Å²) in [6, 6.07) is 11.0. The largest absolute Gasteiger partial charge is 0.435 e. The van der Waals surface area contributed by atoms with E-state index in [9.17, 15) is 18.4 Å². The molecule has 6 nitrogen and oxygen atoms in total. The Hall–Kier alpha value is -3.29. The lowest BCUT2D eigenvalue weighted by atomic mass is 10.2. The van der Waals surface area contributed by atoms with Crippen LogP contribution in [-0.2, 0) is 6.54 Å². The van der Waals surface area contributed by atoms with E-state index in [0.717, 1.165) is 0 Å². The molecule has 0 N–H and O–H groups in total. The molecule has 2 heterocycles. The van der Waals surface area contributed by atoms with Crippen molar-refractivity contribution in [2.75, 3.05) is 7.05 Å². The van der Waals surface area contributed by atoms with E-state index in [1.807, 2.05) is 0 Å². The van der Waals surface area contributed by atoms with Crippen molar-refractivity contribution >= 4 is 11.6 Å². The van der Waals surface area contributed by atoms with Crippen LogP contribution in [0.25, 0.3) is 5.65 Å². The Kier molecular flexibility index (Phi) is 4.92. The smallest absolute Gasteiger partial charge is 0.387 e. The maximum absolute atomic E-state index is 12.6. The van der Waals surface area contributed by atoms with Crippen molar-refractivity contribution in [3.8, 4) is 5.75 Å². The average molecular weight is 359 g/mol. The first-order valence-electron chi connectivity index (χ1n) is 7.71. The van der Waals surface area contributed by atoms with Crippen molar-refractivity contribution in [2.24, 2.45) is 0 Å². The molecule has 2 aromatic heterocycles. The summed E-state index contributed by atoms with van der Waals surface area (Å²) in [7, 11) is 1.55. The monoisotopic (exact) mass is 359 g/mol. The van der Waals surface area contributed by atoms with Gasteiger partial charge in [0.05, 0.1) is 0 Å². The molecule has 26 heavy (non-hydrogen) atoms. The van der Waals surface area contributed by atoms with Gasteiger partial charge in [0.25, 0.3) is 11.5 Å². The summed E-state index contributed by atoms with van der Waals surface area (Å²) < 4.78 is 29.9. The second-order valence-corrected chi connectivity index (χ2v) is 5.59. The van der Waals surface area contributed by atoms with E-state index in [4.69, 9.17) is 0 Å². The van der Waals surface area contributed by atoms with Crippen molar-refractivity contribution in [3.05, 3.63) is 76.3 Å². The molecular weight excluding hydrogens is 344 g/mol. The molecule has 1 aromatic carbocycles. The summed E-state index contributed by atoms with van der Waals surface area (Å²) in [5.41, 5.74) is 0.657. The second-order valence-electron chi connectivity index (χ2n) is 5.59. The Bertz CT molecular complexity index is 987. The molecular formula is C18H15F2N3O3. The quantitative estimate of drug-likeness (QED) is 0.702. The Balaban J connectivity index is 1.78. The van der Waals surface area contributed by atoms with Crippen molar-refractivity contribution in [3.63, 3.8) is 0 Å². The van der Waals surface area contributed by atoms with Gasteiger partial charge < -0.3 is 9.64 Å². The van der Waals surface area contributed by atoms with Crippen LogP contribution in [0.2, 0.25) is 0 Å². The number of carbonyl (C=O) groups is 1. The van der Waals surface area contributed by atoms with Gasteiger partial charge in [-0.3, -0.25) is 14.0 Å². The van der Waals surface area contributed by atoms with Crippen LogP contribution in [0.4, 0.5) is 8.78 Å². The van der Waals surface area contributed by atoms with Crippen LogP contribution in [-0.4, -0.2) is 33.9 Å². The molecule has 0 saturated carbocycles. The maximum Gasteiger partial charge on any atom is 0.387 e. The summed E-state index contributed by atoms with van der Waals surface area (Å²) >= 11 is 0. The molecule has 3 aromatic rings. The van der Waals surface area contributed by atoms with Gasteiger partial charge in [0.1, 0.15) is 17.0 Å². The topological polar surface area (TPSA) is 63.9 Å². The van der Waals surface area contributed by atoms with Crippen molar-refractivity contribution in [1.29, 1.82) is 0 Å². The zero-order chi connectivity index (χ0) is 18.7. The standard InChI is InChI=1S/C18H15F2N3O3/c1-22(11-12-5-7-13(8-6-12)26-18(19)20)16(24)14-10-21-15-4-2-3-9-23(15)17(14)25/h2-10,18H,11H2,1H3. The highest BCUT2D eigenvalue weighted by Gasteiger charge is 2.17. The Morgan fingerprint density at radius 1 is 1.23 bits per heavy atom. The molecule has 0 aliphatic heterocycles. The van der Waals surface area contributed by atoms with Gasteiger partial charge in [-0.05, 0) is 29.8 Å². The number of carbonyl (C=O) groups excluding carboxylic acids is 1. The lowest BCUT2D eigenvalue weighted by Gasteiger charge is -2.17. The van der Waals surface area contributed by atoms with Crippen LogP contribution >= 0.6 is 0 Å². The predicted molar refractivity (Wildman–Crippen MR) is 90.3 cm³/mol. The van der Waals surface area contributed by atoms with E-state index in [1.54, 1.807) is 43.6 Å². The number of nitrogens with zero attached hydrogens (tertiary/aromatic N) is 3. The SMILES string of the molecule is CN(Cc1ccc(OC(F)F)cc1)C(=O)c1cnc2ccccn2c1=O. The Morgan fingerprint density at radius 2 is 1.96 bits per heavy atom. The number of fused-ring (bicyclic) bond motifs is 1. The van der Waals surface area contributed by atoms with E-state index >= 15 is 0 Å². The fraction of sp³-hybridized carbons (Fsp3) is 0.167. The number of halogens is 2. The lowest BCUT2D eigenvalue weighted by molar-refractivity contribution is -0.0498. The van der Waals surface area contributed by atoms with Crippen LogP contribution in [0, 0.1) is 0 Å². The first kappa shape index (κ1) is 17.5. The highest BCUT2D eigenvalue weighted by atomic mass is 19.3. The van der Waals surface area contributed by atoms with Gasteiger partial charge >= 0.3 is 6.61 Å². The molecule has 0 bridgehead atoms. The van der Waals surface area contributed by atoms with E-state index in [0.29, 0.717) is 11.2 Å². The number of rotatable bonds is 5. The predicted octanol–water partition coefficient (Wildman–Crippen LogP) is 2.57. The minimum atomic E-state index is -2.89. The Labute approximate surface area is 147 Å². The highest BCUT2D eigenvalue weighted by Crippen LogP contribution is 2.16. The van der Waals surface area contributed by atoms with Crippen LogP contribution in [0.15, 0.2) is 59.7 Å². The zero-order valence-electron chi connectivity index (χ0n) is 13.8. The van der Waals surface area contributed by atoms with Crippen LogP contribution in [0.1, 0.15) is 15.9 Å². The number of benzene rings is 1. The number of amides is 1. The van der Waals surface area contributed by atoms with Gasteiger partial charge in [-0.1, -0.05) is 18.2 Å². The minimum absolute atomic E-state index is 0.0368. The molecule has 3 rings (SSSR count). The lowest BCUT2D eigenvalue weighted by Crippen LogP contribution is -2.32.